The molecule has 0 fully saturated rings. The van der Waals surface area contributed by atoms with Crippen molar-refractivity contribution in [2.75, 3.05) is 0 Å². The fourth-order valence-corrected chi connectivity index (χ4v) is 4.88. The van der Waals surface area contributed by atoms with Crippen LogP contribution in [0, 0.1) is 0 Å². The summed E-state index contributed by atoms with van der Waals surface area (Å²) in [7, 11) is -4.59. The van der Waals surface area contributed by atoms with Crippen LogP contribution >= 0.6 is 7.82 Å². The molecule has 0 aromatic heterocycles. The van der Waals surface area contributed by atoms with Gasteiger partial charge >= 0.3 is 37.4 Å². The van der Waals surface area contributed by atoms with Crippen molar-refractivity contribution in [2.24, 2.45) is 0 Å². The normalized spacial score (nSPS) is 15.9. The third kappa shape index (κ3) is 6.64. The molecule has 2 aromatic carbocycles. The maximum atomic E-state index is 12.9. The summed E-state index contributed by atoms with van der Waals surface area (Å²) in [6.45, 7) is 14.9. The molecule has 0 saturated carbocycles. The minimum atomic E-state index is -4.59. The van der Waals surface area contributed by atoms with Crippen LogP contribution in [0.2, 0.25) is 0 Å². The number of hydrogen-bond acceptors (Lipinski definition) is 4. The molecule has 0 saturated heterocycles. The summed E-state index contributed by atoms with van der Waals surface area (Å²) < 4.78 is 24.1. The molecular weight excluding hydrogens is 430 g/mol. The second-order valence-electron chi connectivity index (χ2n) is 10.6. The van der Waals surface area contributed by atoms with Crippen LogP contribution < -0.4 is 43.5 Å². The van der Waals surface area contributed by atoms with E-state index in [1.165, 1.54) is 5.56 Å². The Balaban J connectivity index is 0.00000363. The first kappa shape index (κ1) is 27.5. The van der Waals surface area contributed by atoms with Gasteiger partial charge in [-0.1, -0.05) is 72.7 Å². The van der Waals surface area contributed by atoms with Crippen LogP contribution in [-0.2, 0) is 34.7 Å². The molecule has 1 atom stereocenters. The Bertz CT molecular complexity index is 975. The van der Waals surface area contributed by atoms with Crippen LogP contribution in [0.15, 0.2) is 30.3 Å². The van der Waals surface area contributed by atoms with Crippen molar-refractivity contribution in [3.05, 3.63) is 58.1 Å². The van der Waals surface area contributed by atoms with E-state index in [2.05, 4.69) is 53.7 Å². The van der Waals surface area contributed by atoms with Crippen LogP contribution in [0.1, 0.15) is 89.1 Å². The third-order valence-corrected chi connectivity index (χ3v) is 6.80. The van der Waals surface area contributed by atoms with E-state index in [-0.39, 0.29) is 40.4 Å². The van der Waals surface area contributed by atoms with Crippen molar-refractivity contribution >= 4 is 7.82 Å². The van der Waals surface area contributed by atoms with E-state index in [0.29, 0.717) is 17.9 Å². The second kappa shape index (κ2) is 10.2. The molecule has 0 N–H and O–H groups in total. The quantitative estimate of drug-likeness (QED) is 0.499. The van der Waals surface area contributed by atoms with Gasteiger partial charge in [0.2, 0.25) is 0 Å². The Kier molecular flexibility index (Phi) is 8.79. The smallest absolute Gasteiger partial charge is 0.736 e. The fraction of sp³-hybridized carbons (Fsp3) is 0.538. The molecular formula is C26H36NaO4P. The van der Waals surface area contributed by atoms with Gasteiger partial charge < -0.3 is 13.9 Å². The summed E-state index contributed by atoms with van der Waals surface area (Å²) in [6.07, 6.45) is 4.34. The molecule has 3 rings (SSSR count). The second-order valence-corrected chi connectivity index (χ2v) is 11.9. The van der Waals surface area contributed by atoms with Gasteiger partial charge in [-0.2, -0.15) is 0 Å². The van der Waals surface area contributed by atoms with E-state index in [0.717, 1.165) is 47.9 Å². The summed E-state index contributed by atoms with van der Waals surface area (Å²) in [6, 6.07) is 9.89. The van der Waals surface area contributed by atoms with Gasteiger partial charge in [0.05, 0.1) is 0 Å². The third-order valence-electron chi connectivity index (χ3n) is 5.97. The minimum Gasteiger partial charge on any atom is -0.736 e. The molecule has 1 unspecified atom stereocenters. The Hall–Kier alpha value is -0.770. The average molecular weight is 467 g/mol. The number of phosphoric acid groups is 1. The maximum Gasteiger partial charge on any atom is 1.00 e. The monoisotopic (exact) mass is 466 g/mol. The zero-order valence-corrected chi connectivity index (χ0v) is 23.9. The number of aryl methyl sites for hydroxylation is 3. The first-order valence-electron chi connectivity index (χ1n) is 11.3. The first-order valence-corrected chi connectivity index (χ1v) is 12.8. The van der Waals surface area contributed by atoms with Crippen molar-refractivity contribution in [1.29, 1.82) is 0 Å². The Morgan fingerprint density at radius 2 is 1.41 bits per heavy atom. The summed E-state index contributed by atoms with van der Waals surface area (Å²) in [5, 5.41) is 0. The van der Waals surface area contributed by atoms with E-state index < -0.39 is 7.82 Å². The van der Waals surface area contributed by atoms with Gasteiger partial charge in [0.15, 0.2) is 0 Å². The van der Waals surface area contributed by atoms with Gasteiger partial charge in [-0.15, -0.1) is 0 Å². The molecule has 2 aromatic rings. The van der Waals surface area contributed by atoms with E-state index in [9.17, 15) is 9.46 Å². The number of benzene rings is 2. The van der Waals surface area contributed by atoms with Crippen LogP contribution in [0.25, 0.3) is 0 Å². The van der Waals surface area contributed by atoms with Crippen molar-refractivity contribution in [3.8, 4) is 11.5 Å². The Labute approximate surface area is 216 Å². The van der Waals surface area contributed by atoms with Crippen LogP contribution in [0.4, 0.5) is 0 Å². The van der Waals surface area contributed by atoms with Crippen LogP contribution in [0.3, 0.4) is 0 Å². The van der Waals surface area contributed by atoms with Gasteiger partial charge in [0.25, 0.3) is 0 Å². The van der Waals surface area contributed by atoms with Crippen molar-refractivity contribution < 1.29 is 48.1 Å². The van der Waals surface area contributed by atoms with Gasteiger partial charge in [0.1, 0.15) is 11.5 Å². The molecule has 1 aliphatic carbocycles. The zero-order valence-electron chi connectivity index (χ0n) is 21.0. The summed E-state index contributed by atoms with van der Waals surface area (Å²) in [5.41, 5.74) is 5.10. The summed E-state index contributed by atoms with van der Waals surface area (Å²) in [5.74, 6) is 0.811. The SMILES string of the molecule is CCc1cc(C(C)(C)C)ccc1OP(=O)([O-])Oc1c2cc(C(C)(C)C)cc1CCCC2.[Na+]. The number of fused-ring (bicyclic) bond motifs is 2. The molecule has 0 radical (unpaired) electrons. The first-order chi connectivity index (χ1) is 14.3. The number of rotatable bonds is 5. The predicted molar refractivity (Wildman–Crippen MR) is 125 cm³/mol. The molecule has 0 spiro atoms. The van der Waals surface area contributed by atoms with Gasteiger partial charge in [-0.3, -0.25) is 0 Å². The Morgan fingerprint density at radius 3 is 1.88 bits per heavy atom. The van der Waals surface area contributed by atoms with Gasteiger partial charge in [-0.25, -0.2) is 4.57 Å². The molecule has 32 heavy (non-hydrogen) atoms. The van der Waals surface area contributed by atoms with Crippen molar-refractivity contribution in [2.45, 2.75) is 91.4 Å². The van der Waals surface area contributed by atoms with Gasteiger partial charge in [0, 0.05) is 0 Å². The molecule has 0 aliphatic heterocycles. The van der Waals surface area contributed by atoms with Gasteiger partial charge in [-0.05, 0) is 76.8 Å². The number of hydrogen-bond donors (Lipinski definition) is 0. The molecule has 6 heteroatoms. The standard InChI is InChI=1S/C26H37O4P.Na/c1-8-18-15-21(25(2,3)4)13-14-23(18)29-31(27,28)30-24-19-11-9-10-12-20(24)17-22(16-19)26(5,6)7;/h13-17H,8-12H2,1-7H3,(H,27,28);/q;+1/p-1. The molecule has 0 heterocycles. The van der Waals surface area contributed by atoms with Crippen LogP contribution in [0.5, 0.6) is 11.5 Å². The predicted octanol–water partition coefficient (Wildman–Crippen LogP) is 3.65. The topological polar surface area (TPSA) is 58.6 Å². The molecule has 0 amide bonds. The minimum absolute atomic E-state index is 0. The average Bonchev–Trinajstić information content (AvgIpc) is 2.74. The van der Waals surface area contributed by atoms with Crippen molar-refractivity contribution in [3.63, 3.8) is 0 Å². The molecule has 170 valence electrons. The molecule has 2 bridgehead atoms. The van der Waals surface area contributed by atoms with E-state index >= 15 is 0 Å². The van der Waals surface area contributed by atoms with E-state index in [1.54, 1.807) is 6.07 Å². The maximum absolute atomic E-state index is 12.9. The Morgan fingerprint density at radius 1 is 0.875 bits per heavy atom. The molecule has 1 aliphatic rings. The largest absolute Gasteiger partial charge is 1.00 e. The van der Waals surface area contributed by atoms with E-state index in [1.807, 2.05) is 19.1 Å². The number of phosphoric ester groups is 1. The molecule has 4 nitrogen and oxygen atoms in total. The van der Waals surface area contributed by atoms with E-state index in [4.69, 9.17) is 9.05 Å². The fourth-order valence-electron chi connectivity index (χ4n) is 3.97. The summed E-state index contributed by atoms with van der Waals surface area (Å²) in [4.78, 5) is 12.9. The zero-order chi connectivity index (χ0) is 23.0. The van der Waals surface area contributed by atoms with Crippen molar-refractivity contribution in [1.82, 2.24) is 0 Å². The summed E-state index contributed by atoms with van der Waals surface area (Å²) >= 11 is 0. The van der Waals surface area contributed by atoms with Crippen LogP contribution in [-0.4, -0.2) is 0 Å².